The van der Waals surface area contributed by atoms with Gasteiger partial charge in [0, 0.05) is 18.0 Å². The summed E-state index contributed by atoms with van der Waals surface area (Å²) in [5, 5.41) is 0. The van der Waals surface area contributed by atoms with E-state index >= 15 is 0 Å². The third kappa shape index (κ3) is 4.66. The van der Waals surface area contributed by atoms with Crippen LogP contribution in [-0.2, 0) is 21.2 Å². The van der Waals surface area contributed by atoms with E-state index in [1.54, 1.807) is 12.1 Å². The monoisotopic (exact) mass is 292 g/mol. The van der Waals surface area contributed by atoms with Crippen molar-refractivity contribution in [3.05, 3.63) is 17.0 Å². The quantitative estimate of drug-likeness (QED) is 0.747. The van der Waals surface area contributed by atoms with Gasteiger partial charge in [-0.2, -0.15) is 0 Å². The lowest BCUT2D eigenvalue weighted by atomic mass is 10.3. The Hall–Kier alpha value is -0.470. The molecule has 3 N–H and O–H groups in total. The molecule has 0 spiro atoms. The zero-order chi connectivity index (χ0) is 13.6. The van der Waals surface area contributed by atoms with Crippen LogP contribution in [0.4, 0.5) is 0 Å². The first-order chi connectivity index (χ1) is 8.49. The van der Waals surface area contributed by atoms with Gasteiger partial charge >= 0.3 is 0 Å². The van der Waals surface area contributed by atoms with E-state index in [0.717, 1.165) is 4.88 Å². The summed E-state index contributed by atoms with van der Waals surface area (Å²) in [4.78, 5) is 0.982. The molecule has 0 saturated heterocycles. The number of hydrogen-bond donors (Lipinski definition) is 2. The summed E-state index contributed by atoms with van der Waals surface area (Å²) in [5.74, 6) is 0. The molecular formula is C11H20N2O3S2. The first kappa shape index (κ1) is 15.6. The second-order valence-electron chi connectivity index (χ2n) is 3.88. The van der Waals surface area contributed by atoms with Crippen molar-refractivity contribution < 1.29 is 13.2 Å². The van der Waals surface area contributed by atoms with Crippen LogP contribution < -0.4 is 10.5 Å². The summed E-state index contributed by atoms with van der Waals surface area (Å²) >= 11 is 1.26. The van der Waals surface area contributed by atoms with Crippen LogP contribution in [-0.4, -0.2) is 34.2 Å². The Morgan fingerprint density at radius 1 is 1.50 bits per heavy atom. The van der Waals surface area contributed by atoms with Gasteiger partial charge in [0.25, 0.3) is 0 Å². The fourth-order valence-corrected chi connectivity index (χ4v) is 3.95. The molecule has 5 nitrogen and oxygen atoms in total. The van der Waals surface area contributed by atoms with E-state index in [-0.39, 0.29) is 12.6 Å². The predicted molar refractivity (Wildman–Crippen MR) is 73.4 cm³/mol. The third-order valence-corrected chi connectivity index (χ3v) is 5.37. The fraction of sp³-hybridized carbons (Fsp3) is 0.636. The number of rotatable bonds is 8. The van der Waals surface area contributed by atoms with Gasteiger partial charge in [0.2, 0.25) is 10.0 Å². The van der Waals surface area contributed by atoms with Gasteiger partial charge in [-0.15, -0.1) is 11.3 Å². The maximum atomic E-state index is 12.0. The van der Waals surface area contributed by atoms with Crippen LogP contribution in [0.3, 0.4) is 0 Å². The largest absolute Gasteiger partial charge is 0.377 e. The minimum Gasteiger partial charge on any atom is -0.377 e. The van der Waals surface area contributed by atoms with Gasteiger partial charge in [0.1, 0.15) is 4.21 Å². The molecule has 18 heavy (non-hydrogen) atoms. The molecule has 1 aromatic rings. The first-order valence-electron chi connectivity index (χ1n) is 5.89. The van der Waals surface area contributed by atoms with Gasteiger partial charge in [0.05, 0.1) is 6.10 Å². The van der Waals surface area contributed by atoms with Crippen molar-refractivity contribution in [1.29, 1.82) is 0 Å². The molecule has 0 bridgehead atoms. The van der Waals surface area contributed by atoms with Crippen molar-refractivity contribution in [3.63, 3.8) is 0 Å². The maximum absolute atomic E-state index is 12.0. The predicted octanol–water partition coefficient (Wildman–Crippen LogP) is 0.953. The Bertz CT molecular complexity index is 457. The van der Waals surface area contributed by atoms with Crippen molar-refractivity contribution in [1.82, 2.24) is 4.72 Å². The highest BCUT2D eigenvalue weighted by Gasteiger charge is 2.17. The molecule has 0 saturated carbocycles. The topological polar surface area (TPSA) is 81.4 Å². The summed E-state index contributed by atoms with van der Waals surface area (Å²) in [6.45, 7) is 5.08. The normalized spacial score (nSPS) is 13.7. The van der Waals surface area contributed by atoms with E-state index in [2.05, 4.69) is 4.72 Å². The van der Waals surface area contributed by atoms with Crippen LogP contribution in [0.5, 0.6) is 0 Å². The summed E-state index contributed by atoms with van der Waals surface area (Å²) < 4.78 is 32.1. The highest BCUT2D eigenvalue weighted by atomic mass is 32.2. The molecule has 0 aliphatic heterocycles. The molecule has 1 rings (SSSR count). The van der Waals surface area contributed by atoms with E-state index in [1.807, 2.05) is 13.8 Å². The van der Waals surface area contributed by atoms with Crippen molar-refractivity contribution in [2.24, 2.45) is 5.73 Å². The van der Waals surface area contributed by atoms with E-state index in [9.17, 15) is 8.42 Å². The van der Waals surface area contributed by atoms with Crippen LogP contribution in [0.2, 0.25) is 0 Å². The highest BCUT2D eigenvalue weighted by Crippen LogP contribution is 2.21. The molecule has 0 amide bonds. The second-order valence-corrected chi connectivity index (χ2v) is 7.04. The van der Waals surface area contributed by atoms with Crippen LogP contribution >= 0.6 is 11.3 Å². The lowest BCUT2D eigenvalue weighted by Crippen LogP contribution is -2.31. The van der Waals surface area contributed by atoms with E-state index in [0.29, 0.717) is 23.8 Å². The zero-order valence-electron chi connectivity index (χ0n) is 10.7. The van der Waals surface area contributed by atoms with Gasteiger partial charge in [0.15, 0.2) is 0 Å². The lowest BCUT2D eigenvalue weighted by Gasteiger charge is -2.12. The number of hydrogen-bond acceptors (Lipinski definition) is 5. The minimum absolute atomic E-state index is 0.131. The molecule has 1 atom stereocenters. The van der Waals surface area contributed by atoms with Gasteiger partial charge < -0.3 is 10.5 Å². The summed E-state index contributed by atoms with van der Waals surface area (Å²) in [7, 11) is -3.42. The van der Waals surface area contributed by atoms with Crippen molar-refractivity contribution >= 4 is 21.4 Å². The molecule has 0 fully saturated rings. The number of ether oxygens (including phenoxy) is 1. The Labute approximate surface area is 112 Å². The van der Waals surface area contributed by atoms with Crippen LogP contribution in [0.25, 0.3) is 0 Å². The number of thiophene rings is 1. The molecule has 0 aliphatic carbocycles. The van der Waals surface area contributed by atoms with Gasteiger partial charge in [-0.1, -0.05) is 0 Å². The van der Waals surface area contributed by atoms with Crippen molar-refractivity contribution in [2.45, 2.75) is 30.6 Å². The van der Waals surface area contributed by atoms with Crippen molar-refractivity contribution in [3.8, 4) is 0 Å². The molecule has 0 aromatic carbocycles. The summed E-state index contributed by atoms with van der Waals surface area (Å²) in [5.41, 5.74) is 5.44. The second kappa shape index (κ2) is 7.20. The molecular weight excluding hydrogens is 272 g/mol. The molecule has 1 aromatic heterocycles. The standard InChI is InChI=1S/C11H20N2O3S2/c1-3-16-9(2)8-13-18(14,15)11-5-4-10(17-11)6-7-12/h4-5,9,13H,3,6-8,12H2,1-2H3. The molecule has 1 heterocycles. The highest BCUT2D eigenvalue weighted by molar-refractivity contribution is 7.91. The van der Waals surface area contributed by atoms with Gasteiger partial charge in [-0.25, -0.2) is 13.1 Å². The van der Waals surface area contributed by atoms with E-state index in [1.165, 1.54) is 11.3 Å². The van der Waals surface area contributed by atoms with Gasteiger partial charge in [-0.05, 0) is 38.9 Å². The Morgan fingerprint density at radius 3 is 2.83 bits per heavy atom. The number of nitrogens with one attached hydrogen (secondary N) is 1. The molecule has 0 radical (unpaired) electrons. The Kier molecular flexibility index (Phi) is 6.24. The maximum Gasteiger partial charge on any atom is 0.250 e. The van der Waals surface area contributed by atoms with Crippen LogP contribution in [0.15, 0.2) is 16.3 Å². The molecule has 104 valence electrons. The molecule has 0 aliphatic rings. The summed E-state index contributed by atoms with van der Waals surface area (Å²) in [6, 6.07) is 3.42. The Balaban J connectivity index is 2.62. The van der Waals surface area contributed by atoms with Crippen LogP contribution in [0.1, 0.15) is 18.7 Å². The Morgan fingerprint density at radius 2 is 2.22 bits per heavy atom. The molecule has 1 unspecified atom stereocenters. The number of sulfonamides is 1. The SMILES string of the molecule is CCOC(C)CNS(=O)(=O)c1ccc(CCN)s1. The number of nitrogens with two attached hydrogens (primary N) is 1. The van der Waals surface area contributed by atoms with Crippen LogP contribution in [0, 0.1) is 0 Å². The van der Waals surface area contributed by atoms with Crippen molar-refractivity contribution in [2.75, 3.05) is 19.7 Å². The zero-order valence-corrected chi connectivity index (χ0v) is 12.3. The van der Waals surface area contributed by atoms with Gasteiger partial charge in [-0.3, -0.25) is 0 Å². The average molecular weight is 292 g/mol. The first-order valence-corrected chi connectivity index (χ1v) is 8.19. The fourth-order valence-electron chi connectivity index (χ4n) is 1.42. The summed E-state index contributed by atoms with van der Waals surface area (Å²) in [6.07, 6.45) is 0.573. The average Bonchev–Trinajstić information content (AvgIpc) is 2.77. The lowest BCUT2D eigenvalue weighted by molar-refractivity contribution is 0.0800. The smallest absolute Gasteiger partial charge is 0.250 e. The third-order valence-electron chi connectivity index (χ3n) is 2.30. The van der Waals surface area contributed by atoms with E-state index in [4.69, 9.17) is 10.5 Å². The minimum atomic E-state index is -3.42. The van der Waals surface area contributed by atoms with E-state index < -0.39 is 10.0 Å². The molecule has 7 heteroatoms.